The highest BCUT2D eigenvalue weighted by atomic mass is 79.9. The second-order valence-corrected chi connectivity index (χ2v) is 6.44. The fraction of sp³-hybridized carbons (Fsp3) is 0.154. The van der Waals surface area contributed by atoms with Gasteiger partial charge >= 0.3 is 6.36 Å². The van der Waals surface area contributed by atoms with Gasteiger partial charge in [-0.3, -0.25) is 4.79 Å². The first-order valence-electron chi connectivity index (χ1n) is 5.68. The van der Waals surface area contributed by atoms with E-state index < -0.39 is 18.0 Å². The van der Waals surface area contributed by atoms with Gasteiger partial charge in [-0.25, -0.2) is 0 Å². The van der Waals surface area contributed by atoms with Gasteiger partial charge in [-0.15, -0.1) is 24.5 Å². The molecule has 0 saturated heterocycles. The molecular formula is C13H9BrF3NO2S. The average Bonchev–Trinajstić information content (AvgIpc) is 2.70. The Morgan fingerprint density at radius 3 is 2.57 bits per heavy atom. The molecule has 1 N–H and O–H groups in total. The van der Waals surface area contributed by atoms with Crippen LogP contribution in [0.25, 0.3) is 0 Å². The number of amides is 1. The summed E-state index contributed by atoms with van der Waals surface area (Å²) >= 11 is 4.49. The van der Waals surface area contributed by atoms with Crippen LogP contribution in [-0.4, -0.2) is 12.3 Å². The van der Waals surface area contributed by atoms with Crippen molar-refractivity contribution < 1.29 is 22.7 Å². The molecule has 0 saturated carbocycles. The summed E-state index contributed by atoms with van der Waals surface area (Å²) < 4.78 is 41.6. The monoisotopic (exact) mass is 379 g/mol. The highest BCUT2D eigenvalue weighted by Gasteiger charge is 2.32. The van der Waals surface area contributed by atoms with Gasteiger partial charge in [-0.1, -0.05) is 12.1 Å². The van der Waals surface area contributed by atoms with Crippen molar-refractivity contribution in [2.75, 3.05) is 5.32 Å². The van der Waals surface area contributed by atoms with Crippen LogP contribution in [0.1, 0.15) is 15.2 Å². The van der Waals surface area contributed by atoms with Gasteiger partial charge < -0.3 is 10.1 Å². The molecule has 112 valence electrons. The van der Waals surface area contributed by atoms with Crippen molar-refractivity contribution in [3.63, 3.8) is 0 Å². The molecule has 0 fully saturated rings. The van der Waals surface area contributed by atoms with Crippen LogP contribution in [0.5, 0.6) is 5.75 Å². The number of rotatable bonds is 3. The Kier molecular flexibility index (Phi) is 4.58. The first-order valence-corrected chi connectivity index (χ1v) is 7.29. The maximum absolute atomic E-state index is 12.3. The lowest BCUT2D eigenvalue weighted by atomic mass is 10.2. The van der Waals surface area contributed by atoms with Gasteiger partial charge in [-0.2, -0.15) is 0 Å². The molecule has 0 aliphatic carbocycles. The van der Waals surface area contributed by atoms with Gasteiger partial charge in [0.1, 0.15) is 0 Å². The molecule has 0 aliphatic heterocycles. The normalized spacial score (nSPS) is 11.3. The largest absolute Gasteiger partial charge is 0.573 e. The maximum atomic E-state index is 12.3. The van der Waals surface area contributed by atoms with E-state index >= 15 is 0 Å². The second kappa shape index (κ2) is 6.07. The third-order valence-corrected chi connectivity index (χ3v) is 4.58. The first-order chi connectivity index (χ1) is 9.76. The third-order valence-electron chi connectivity index (χ3n) is 2.44. The second-order valence-electron chi connectivity index (χ2n) is 4.07. The first kappa shape index (κ1) is 15.8. The van der Waals surface area contributed by atoms with Gasteiger partial charge in [0.25, 0.3) is 5.91 Å². The molecule has 0 aliphatic rings. The summed E-state index contributed by atoms with van der Waals surface area (Å²) in [6, 6.07) is 7.03. The number of para-hydroxylation sites is 2. The molecular weight excluding hydrogens is 371 g/mol. The van der Waals surface area contributed by atoms with Crippen LogP contribution in [0.15, 0.2) is 34.1 Å². The number of carbonyl (C=O) groups is 1. The summed E-state index contributed by atoms with van der Waals surface area (Å²) in [5.74, 6) is -0.947. The molecule has 1 heterocycles. The zero-order chi connectivity index (χ0) is 15.6. The summed E-state index contributed by atoms with van der Waals surface area (Å²) in [6.45, 7) is 1.82. The number of halogens is 4. The van der Waals surface area contributed by atoms with E-state index in [4.69, 9.17) is 0 Å². The fourth-order valence-corrected chi connectivity index (χ4v) is 2.97. The Morgan fingerprint density at radius 1 is 1.33 bits per heavy atom. The van der Waals surface area contributed by atoms with E-state index in [-0.39, 0.29) is 5.69 Å². The smallest absolute Gasteiger partial charge is 0.404 e. The van der Waals surface area contributed by atoms with Crippen molar-refractivity contribution in [2.45, 2.75) is 13.3 Å². The molecule has 1 aromatic carbocycles. The lowest BCUT2D eigenvalue weighted by molar-refractivity contribution is -0.274. The van der Waals surface area contributed by atoms with Gasteiger partial charge in [0, 0.05) is 0 Å². The number of hydrogen-bond donors (Lipinski definition) is 1. The molecule has 0 radical (unpaired) electrons. The molecule has 21 heavy (non-hydrogen) atoms. The number of ether oxygens (including phenoxy) is 1. The molecule has 0 bridgehead atoms. The quantitative estimate of drug-likeness (QED) is 0.817. The Balaban J connectivity index is 2.21. The van der Waals surface area contributed by atoms with Crippen molar-refractivity contribution in [3.8, 4) is 5.75 Å². The van der Waals surface area contributed by atoms with Crippen LogP contribution in [0.2, 0.25) is 0 Å². The lowest BCUT2D eigenvalue weighted by Gasteiger charge is -2.13. The number of benzene rings is 1. The topological polar surface area (TPSA) is 38.3 Å². The van der Waals surface area contributed by atoms with Gasteiger partial charge in [0.05, 0.1) is 14.4 Å². The molecule has 1 amide bonds. The van der Waals surface area contributed by atoms with Crippen LogP contribution in [0, 0.1) is 6.92 Å². The van der Waals surface area contributed by atoms with E-state index in [2.05, 4.69) is 26.0 Å². The molecule has 8 heteroatoms. The SMILES string of the molecule is Cc1cc(C(=O)Nc2ccccc2OC(F)(F)F)sc1Br. The van der Waals surface area contributed by atoms with E-state index in [1.165, 1.54) is 29.5 Å². The Hall–Kier alpha value is -1.54. The zero-order valence-electron chi connectivity index (χ0n) is 10.6. The van der Waals surface area contributed by atoms with Gasteiger partial charge in [0.2, 0.25) is 0 Å². The van der Waals surface area contributed by atoms with Crippen LogP contribution in [-0.2, 0) is 0 Å². The standard InChI is InChI=1S/C13H9BrF3NO2S/c1-7-6-10(21-11(7)14)12(19)18-8-4-2-3-5-9(8)20-13(15,16)17/h2-6H,1H3,(H,18,19). The Labute approximate surface area is 130 Å². The van der Waals surface area contributed by atoms with E-state index in [1.54, 1.807) is 6.07 Å². The molecule has 2 aromatic rings. The Bertz CT molecular complexity index is 650. The number of hydrogen-bond acceptors (Lipinski definition) is 3. The maximum Gasteiger partial charge on any atom is 0.573 e. The van der Waals surface area contributed by atoms with E-state index in [9.17, 15) is 18.0 Å². The molecule has 2 rings (SSSR count). The minimum absolute atomic E-state index is 0.0398. The van der Waals surface area contributed by atoms with Gasteiger partial charge in [0.15, 0.2) is 5.75 Å². The predicted molar refractivity (Wildman–Crippen MR) is 77.8 cm³/mol. The summed E-state index contributed by atoms with van der Waals surface area (Å²) in [5, 5.41) is 2.42. The molecule has 0 spiro atoms. The van der Waals surface area contributed by atoms with Crippen molar-refractivity contribution in [2.24, 2.45) is 0 Å². The van der Waals surface area contributed by atoms with Gasteiger partial charge in [-0.05, 0) is 46.6 Å². The summed E-state index contributed by atoms with van der Waals surface area (Å²) in [4.78, 5) is 12.4. The number of nitrogens with one attached hydrogen (secondary N) is 1. The minimum Gasteiger partial charge on any atom is -0.404 e. The summed E-state index contributed by atoms with van der Waals surface area (Å²) in [6.07, 6.45) is -4.82. The van der Waals surface area contributed by atoms with Crippen LogP contribution in [0.3, 0.4) is 0 Å². The number of thiophene rings is 1. The zero-order valence-corrected chi connectivity index (χ0v) is 13.0. The molecule has 3 nitrogen and oxygen atoms in total. The molecule has 1 aromatic heterocycles. The third kappa shape index (κ3) is 4.21. The predicted octanol–water partition coefficient (Wildman–Crippen LogP) is 4.97. The van der Waals surface area contributed by atoms with Crippen LogP contribution >= 0.6 is 27.3 Å². The summed E-state index contributed by atoms with van der Waals surface area (Å²) in [5.41, 5.74) is 0.840. The molecule has 0 unspecified atom stereocenters. The van der Waals surface area contributed by atoms with Crippen LogP contribution < -0.4 is 10.1 Å². The van der Waals surface area contributed by atoms with Crippen molar-refractivity contribution in [3.05, 3.63) is 44.6 Å². The van der Waals surface area contributed by atoms with Crippen molar-refractivity contribution in [1.82, 2.24) is 0 Å². The summed E-state index contributed by atoms with van der Waals surface area (Å²) in [7, 11) is 0. The van der Waals surface area contributed by atoms with Crippen molar-refractivity contribution in [1.29, 1.82) is 0 Å². The fourth-order valence-electron chi connectivity index (χ4n) is 1.54. The number of anilines is 1. The highest BCUT2D eigenvalue weighted by molar-refractivity contribution is 9.11. The van der Waals surface area contributed by atoms with E-state index in [0.29, 0.717) is 4.88 Å². The lowest BCUT2D eigenvalue weighted by Crippen LogP contribution is -2.19. The highest BCUT2D eigenvalue weighted by Crippen LogP contribution is 2.32. The van der Waals surface area contributed by atoms with Crippen molar-refractivity contribution >= 4 is 38.9 Å². The number of alkyl halides is 3. The van der Waals surface area contributed by atoms with Crippen LogP contribution in [0.4, 0.5) is 18.9 Å². The van der Waals surface area contributed by atoms with E-state index in [0.717, 1.165) is 15.4 Å². The Morgan fingerprint density at radius 2 is 2.00 bits per heavy atom. The average molecular weight is 380 g/mol. The van der Waals surface area contributed by atoms with E-state index in [1.807, 2.05) is 6.92 Å². The number of aryl methyl sites for hydroxylation is 1. The molecule has 0 atom stereocenters. The minimum atomic E-state index is -4.82. The number of carbonyl (C=O) groups excluding carboxylic acids is 1.